The lowest BCUT2D eigenvalue weighted by Crippen LogP contribution is -1.91. The van der Waals surface area contributed by atoms with E-state index in [-0.39, 0.29) is 5.15 Å². The van der Waals surface area contributed by atoms with Gasteiger partial charge < -0.3 is 0 Å². The minimum absolute atomic E-state index is 0.249. The van der Waals surface area contributed by atoms with E-state index in [1.165, 1.54) is 12.3 Å². The van der Waals surface area contributed by atoms with Crippen molar-refractivity contribution in [3.05, 3.63) is 51.2 Å². The molecular weight excluding hydrogens is 280 g/mol. The Morgan fingerprint density at radius 3 is 2.35 bits per heavy atom. The number of hydrogen-bond donors (Lipinski definition) is 0. The summed E-state index contributed by atoms with van der Waals surface area (Å²) in [6.07, 6.45) is 2.18. The maximum absolute atomic E-state index is 11.0. The van der Waals surface area contributed by atoms with Gasteiger partial charge in [0.05, 0.1) is 0 Å². The molecule has 86 valence electrons. The second-order valence-electron chi connectivity index (χ2n) is 3.31. The van der Waals surface area contributed by atoms with Crippen LogP contribution in [-0.2, 0) is 0 Å². The van der Waals surface area contributed by atoms with Gasteiger partial charge in [0.25, 0.3) is 0 Å². The molecule has 0 fully saturated rings. The van der Waals surface area contributed by atoms with Gasteiger partial charge in [-0.2, -0.15) is 0 Å². The molecule has 0 spiro atoms. The van der Waals surface area contributed by atoms with Crippen molar-refractivity contribution in [1.82, 2.24) is 4.98 Å². The molecule has 0 saturated carbocycles. The van der Waals surface area contributed by atoms with Crippen LogP contribution in [0.3, 0.4) is 0 Å². The van der Waals surface area contributed by atoms with Crippen LogP contribution in [0.2, 0.25) is 15.2 Å². The summed E-state index contributed by atoms with van der Waals surface area (Å²) in [5.74, 6) is 0. The molecule has 5 heteroatoms. The van der Waals surface area contributed by atoms with Crippen LogP contribution in [0.15, 0.2) is 30.5 Å². The highest BCUT2D eigenvalue weighted by Gasteiger charge is 2.13. The molecule has 0 aliphatic heterocycles. The number of carbonyl (C=O) groups is 1. The van der Waals surface area contributed by atoms with Crippen molar-refractivity contribution < 1.29 is 4.79 Å². The SMILES string of the molecule is O=Cc1cc(Cl)ncc1-c1c(Cl)cccc1Cl. The first-order valence-corrected chi connectivity index (χ1v) is 5.82. The molecule has 17 heavy (non-hydrogen) atoms. The fourth-order valence-corrected chi connectivity index (χ4v) is 2.27. The van der Waals surface area contributed by atoms with Gasteiger partial charge in [-0.05, 0) is 18.2 Å². The van der Waals surface area contributed by atoms with Gasteiger partial charge in [-0.1, -0.05) is 40.9 Å². The highest BCUT2D eigenvalue weighted by Crippen LogP contribution is 2.36. The number of aldehydes is 1. The molecular formula is C12H6Cl3NO. The average Bonchev–Trinajstić information content (AvgIpc) is 2.30. The molecule has 0 aliphatic carbocycles. The topological polar surface area (TPSA) is 30.0 Å². The van der Waals surface area contributed by atoms with Crippen molar-refractivity contribution in [3.8, 4) is 11.1 Å². The Morgan fingerprint density at radius 2 is 1.76 bits per heavy atom. The minimum atomic E-state index is 0.249. The zero-order chi connectivity index (χ0) is 12.4. The highest BCUT2D eigenvalue weighted by atomic mass is 35.5. The van der Waals surface area contributed by atoms with Crippen molar-refractivity contribution in [2.75, 3.05) is 0 Å². The van der Waals surface area contributed by atoms with Crippen LogP contribution in [0.1, 0.15) is 10.4 Å². The largest absolute Gasteiger partial charge is 0.298 e. The van der Waals surface area contributed by atoms with Gasteiger partial charge in [-0.15, -0.1) is 0 Å². The molecule has 0 amide bonds. The molecule has 0 radical (unpaired) electrons. The third kappa shape index (κ3) is 2.44. The number of nitrogens with zero attached hydrogens (tertiary/aromatic N) is 1. The maximum Gasteiger partial charge on any atom is 0.150 e. The predicted octanol–water partition coefficient (Wildman–Crippen LogP) is 4.52. The molecule has 1 aromatic heterocycles. The van der Waals surface area contributed by atoms with Crippen LogP contribution in [0.5, 0.6) is 0 Å². The zero-order valence-electron chi connectivity index (χ0n) is 8.45. The van der Waals surface area contributed by atoms with E-state index in [0.29, 0.717) is 33.0 Å². The summed E-state index contributed by atoms with van der Waals surface area (Å²) in [7, 11) is 0. The number of aromatic nitrogens is 1. The van der Waals surface area contributed by atoms with Gasteiger partial charge in [-0.25, -0.2) is 4.98 Å². The van der Waals surface area contributed by atoms with Crippen LogP contribution in [0, 0.1) is 0 Å². The lowest BCUT2D eigenvalue weighted by atomic mass is 10.0. The Bertz CT molecular complexity index is 564. The second kappa shape index (κ2) is 5.05. The quantitative estimate of drug-likeness (QED) is 0.600. The van der Waals surface area contributed by atoms with Gasteiger partial charge in [-0.3, -0.25) is 4.79 Å². The number of pyridine rings is 1. The Morgan fingerprint density at radius 1 is 1.12 bits per heavy atom. The van der Waals surface area contributed by atoms with Gasteiger partial charge in [0, 0.05) is 32.9 Å². The van der Waals surface area contributed by atoms with E-state index in [1.54, 1.807) is 18.2 Å². The fraction of sp³-hybridized carbons (Fsp3) is 0. The van der Waals surface area contributed by atoms with E-state index in [4.69, 9.17) is 34.8 Å². The Labute approximate surface area is 113 Å². The maximum atomic E-state index is 11.0. The molecule has 1 aromatic carbocycles. The standard InChI is InChI=1S/C12H6Cl3NO/c13-9-2-1-3-10(14)12(9)8-5-16-11(15)4-7(8)6-17/h1-6H. The number of hydrogen-bond acceptors (Lipinski definition) is 2. The van der Waals surface area contributed by atoms with Crippen LogP contribution >= 0.6 is 34.8 Å². The van der Waals surface area contributed by atoms with Gasteiger partial charge in [0.2, 0.25) is 0 Å². The summed E-state index contributed by atoms with van der Waals surface area (Å²) in [5, 5.41) is 1.17. The van der Waals surface area contributed by atoms with Crippen LogP contribution in [0.4, 0.5) is 0 Å². The zero-order valence-corrected chi connectivity index (χ0v) is 10.7. The molecule has 1 heterocycles. The Hall–Kier alpha value is -1.09. The van der Waals surface area contributed by atoms with E-state index < -0.39 is 0 Å². The summed E-state index contributed by atoms with van der Waals surface area (Å²) in [6.45, 7) is 0. The van der Waals surface area contributed by atoms with Crippen molar-refractivity contribution in [3.63, 3.8) is 0 Å². The normalized spacial score (nSPS) is 10.3. The van der Waals surface area contributed by atoms with Crippen molar-refractivity contribution in [1.29, 1.82) is 0 Å². The number of rotatable bonds is 2. The molecule has 2 nitrogen and oxygen atoms in total. The third-order valence-electron chi connectivity index (χ3n) is 2.26. The average molecular weight is 287 g/mol. The first-order chi connectivity index (χ1) is 8.13. The third-order valence-corrected chi connectivity index (χ3v) is 3.10. The molecule has 0 bridgehead atoms. The predicted molar refractivity (Wildman–Crippen MR) is 70.1 cm³/mol. The number of carbonyl (C=O) groups excluding carboxylic acids is 1. The summed E-state index contributed by atoms with van der Waals surface area (Å²) < 4.78 is 0. The first kappa shape index (κ1) is 12.4. The smallest absolute Gasteiger partial charge is 0.150 e. The monoisotopic (exact) mass is 285 g/mol. The Kier molecular flexibility index (Phi) is 3.67. The van der Waals surface area contributed by atoms with Crippen LogP contribution in [0.25, 0.3) is 11.1 Å². The number of benzene rings is 1. The minimum Gasteiger partial charge on any atom is -0.298 e. The molecule has 0 atom stereocenters. The van der Waals surface area contributed by atoms with Crippen LogP contribution in [-0.4, -0.2) is 11.3 Å². The lowest BCUT2D eigenvalue weighted by Gasteiger charge is -2.09. The van der Waals surface area contributed by atoms with Crippen molar-refractivity contribution in [2.45, 2.75) is 0 Å². The Balaban J connectivity index is 2.72. The van der Waals surface area contributed by atoms with E-state index in [0.717, 1.165) is 0 Å². The van der Waals surface area contributed by atoms with E-state index in [2.05, 4.69) is 4.98 Å². The lowest BCUT2D eigenvalue weighted by molar-refractivity contribution is 0.112. The summed E-state index contributed by atoms with van der Waals surface area (Å²) in [6, 6.07) is 6.61. The first-order valence-electron chi connectivity index (χ1n) is 4.68. The van der Waals surface area contributed by atoms with Gasteiger partial charge >= 0.3 is 0 Å². The molecule has 0 saturated heterocycles. The summed E-state index contributed by atoms with van der Waals surface area (Å²) in [5.41, 5.74) is 1.56. The summed E-state index contributed by atoms with van der Waals surface area (Å²) >= 11 is 17.9. The van der Waals surface area contributed by atoms with E-state index in [1.807, 2.05) is 0 Å². The second-order valence-corrected chi connectivity index (χ2v) is 4.51. The van der Waals surface area contributed by atoms with Crippen molar-refractivity contribution >= 4 is 41.1 Å². The highest BCUT2D eigenvalue weighted by molar-refractivity contribution is 6.39. The molecule has 0 unspecified atom stereocenters. The molecule has 2 rings (SSSR count). The summed E-state index contributed by atoms with van der Waals surface area (Å²) in [4.78, 5) is 14.9. The molecule has 0 aliphatic rings. The fourth-order valence-electron chi connectivity index (χ4n) is 1.51. The van der Waals surface area contributed by atoms with Gasteiger partial charge in [0.1, 0.15) is 5.15 Å². The van der Waals surface area contributed by atoms with Crippen LogP contribution < -0.4 is 0 Å². The molecule has 0 N–H and O–H groups in total. The molecule has 2 aromatic rings. The number of halogens is 3. The van der Waals surface area contributed by atoms with Crippen molar-refractivity contribution in [2.24, 2.45) is 0 Å². The van der Waals surface area contributed by atoms with E-state index in [9.17, 15) is 4.79 Å². The van der Waals surface area contributed by atoms with Gasteiger partial charge in [0.15, 0.2) is 6.29 Å². The van der Waals surface area contributed by atoms with E-state index >= 15 is 0 Å².